The molecular weight excluding hydrogens is 328 g/mol. The van der Waals surface area contributed by atoms with Crippen LogP contribution < -0.4 is 0 Å². The second-order valence-electron chi connectivity index (χ2n) is 8.67. The van der Waals surface area contributed by atoms with Crippen LogP contribution in [-0.4, -0.2) is 33.7 Å². The normalized spacial score (nSPS) is 22.1. The summed E-state index contributed by atoms with van der Waals surface area (Å²) in [7, 11) is -1.65. The van der Waals surface area contributed by atoms with Gasteiger partial charge in [-0.15, -0.1) is 0 Å². The SMILES string of the molecule is CC(C)(C)[Si](C)(C)OCCO[C@H]1CC[C@@H](OCc2ccccc2)CC1. The van der Waals surface area contributed by atoms with E-state index in [2.05, 4.69) is 58.1 Å². The predicted octanol–water partition coefficient (Wildman–Crippen LogP) is 5.55. The molecule has 0 amide bonds. The molecule has 1 saturated carbocycles. The third-order valence-corrected chi connectivity index (χ3v) is 10.2. The molecule has 0 bridgehead atoms. The zero-order valence-corrected chi connectivity index (χ0v) is 17.7. The average Bonchev–Trinajstić information content (AvgIpc) is 2.58. The van der Waals surface area contributed by atoms with Crippen molar-refractivity contribution in [2.24, 2.45) is 0 Å². The van der Waals surface area contributed by atoms with Crippen molar-refractivity contribution >= 4 is 8.32 Å². The Morgan fingerprint density at radius 3 is 2.00 bits per heavy atom. The van der Waals surface area contributed by atoms with E-state index in [1.165, 1.54) is 5.56 Å². The summed E-state index contributed by atoms with van der Waals surface area (Å²) in [5, 5.41) is 0.265. The molecule has 0 aliphatic heterocycles. The highest BCUT2D eigenvalue weighted by atomic mass is 28.4. The molecule has 0 heterocycles. The van der Waals surface area contributed by atoms with E-state index in [0.29, 0.717) is 18.8 Å². The van der Waals surface area contributed by atoms with Crippen molar-refractivity contribution in [2.75, 3.05) is 13.2 Å². The lowest BCUT2D eigenvalue weighted by Gasteiger charge is -2.36. The van der Waals surface area contributed by atoms with Gasteiger partial charge in [0.05, 0.1) is 32.0 Å². The molecule has 0 radical (unpaired) electrons. The third-order valence-electron chi connectivity index (χ3n) is 5.66. The Morgan fingerprint density at radius 1 is 0.880 bits per heavy atom. The molecule has 0 spiro atoms. The molecule has 1 aromatic rings. The minimum absolute atomic E-state index is 0.265. The second-order valence-corrected chi connectivity index (χ2v) is 13.5. The second kappa shape index (κ2) is 9.31. The van der Waals surface area contributed by atoms with Crippen LogP contribution in [0.3, 0.4) is 0 Å². The highest BCUT2D eigenvalue weighted by Gasteiger charge is 2.37. The Labute approximate surface area is 155 Å². The fourth-order valence-corrected chi connectivity index (χ4v) is 3.91. The molecule has 25 heavy (non-hydrogen) atoms. The fraction of sp³-hybridized carbons (Fsp3) is 0.714. The van der Waals surface area contributed by atoms with Gasteiger partial charge < -0.3 is 13.9 Å². The summed E-state index contributed by atoms with van der Waals surface area (Å²) >= 11 is 0. The summed E-state index contributed by atoms with van der Waals surface area (Å²) in [5.74, 6) is 0. The van der Waals surface area contributed by atoms with Crippen molar-refractivity contribution < 1.29 is 13.9 Å². The highest BCUT2D eigenvalue weighted by molar-refractivity contribution is 6.74. The summed E-state index contributed by atoms with van der Waals surface area (Å²) in [6.45, 7) is 13.6. The monoisotopic (exact) mass is 364 g/mol. The van der Waals surface area contributed by atoms with E-state index in [1.807, 2.05) is 6.07 Å². The van der Waals surface area contributed by atoms with Gasteiger partial charge in [-0.05, 0) is 49.4 Å². The molecule has 2 rings (SSSR count). The smallest absolute Gasteiger partial charge is 0.192 e. The van der Waals surface area contributed by atoms with Crippen molar-refractivity contribution in [3.05, 3.63) is 35.9 Å². The number of hydrogen-bond donors (Lipinski definition) is 0. The van der Waals surface area contributed by atoms with E-state index < -0.39 is 8.32 Å². The molecule has 1 fully saturated rings. The lowest BCUT2D eigenvalue weighted by molar-refractivity contribution is -0.0423. The van der Waals surface area contributed by atoms with Gasteiger partial charge in [-0.25, -0.2) is 0 Å². The molecule has 0 atom stereocenters. The quantitative estimate of drug-likeness (QED) is 0.447. The lowest BCUT2D eigenvalue weighted by Crippen LogP contribution is -2.41. The first kappa shape index (κ1) is 20.6. The van der Waals surface area contributed by atoms with Gasteiger partial charge >= 0.3 is 0 Å². The molecule has 1 aliphatic rings. The molecule has 4 heteroatoms. The van der Waals surface area contributed by atoms with Gasteiger partial charge in [-0.3, -0.25) is 0 Å². The first-order chi connectivity index (χ1) is 11.8. The van der Waals surface area contributed by atoms with Gasteiger partial charge in [-0.1, -0.05) is 51.1 Å². The largest absolute Gasteiger partial charge is 0.414 e. The lowest BCUT2D eigenvalue weighted by atomic mass is 9.95. The standard InChI is InChI=1S/C21H36O3Si/c1-21(2,3)25(4,5)24-16-15-22-19-11-13-20(14-12-19)23-17-18-9-7-6-8-10-18/h6-10,19-20H,11-17H2,1-5H3/t19-,20+. The Hall–Kier alpha value is -0.683. The molecule has 0 saturated heterocycles. The molecular formula is C21H36O3Si. The van der Waals surface area contributed by atoms with Crippen LogP contribution in [-0.2, 0) is 20.5 Å². The van der Waals surface area contributed by atoms with E-state index in [4.69, 9.17) is 13.9 Å². The number of ether oxygens (including phenoxy) is 2. The van der Waals surface area contributed by atoms with E-state index in [-0.39, 0.29) is 5.04 Å². The van der Waals surface area contributed by atoms with Crippen LogP contribution >= 0.6 is 0 Å². The molecule has 1 aromatic carbocycles. The maximum atomic E-state index is 6.18. The van der Waals surface area contributed by atoms with Crippen molar-refractivity contribution in [1.82, 2.24) is 0 Å². The van der Waals surface area contributed by atoms with Crippen LogP contribution in [0.1, 0.15) is 52.0 Å². The first-order valence-electron chi connectivity index (χ1n) is 9.69. The van der Waals surface area contributed by atoms with Gasteiger partial charge in [-0.2, -0.15) is 0 Å². The van der Waals surface area contributed by atoms with Crippen LogP contribution in [0.25, 0.3) is 0 Å². The Kier molecular flexibility index (Phi) is 7.68. The van der Waals surface area contributed by atoms with E-state index in [0.717, 1.165) is 38.9 Å². The fourth-order valence-electron chi connectivity index (χ4n) is 2.88. The minimum atomic E-state index is -1.65. The van der Waals surface area contributed by atoms with Crippen LogP contribution in [0.2, 0.25) is 18.1 Å². The van der Waals surface area contributed by atoms with E-state index in [9.17, 15) is 0 Å². The summed E-state index contributed by atoms with van der Waals surface area (Å²) < 4.78 is 18.3. The van der Waals surface area contributed by atoms with Crippen LogP contribution in [0.4, 0.5) is 0 Å². The zero-order chi connectivity index (χ0) is 18.3. The third kappa shape index (κ3) is 6.85. The van der Waals surface area contributed by atoms with Crippen LogP contribution in [0.15, 0.2) is 30.3 Å². The molecule has 0 aromatic heterocycles. The van der Waals surface area contributed by atoms with Gasteiger partial charge in [0.25, 0.3) is 0 Å². The van der Waals surface area contributed by atoms with Crippen molar-refractivity contribution in [3.63, 3.8) is 0 Å². The maximum absolute atomic E-state index is 6.18. The number of hydrogen-bond acceptors (Lipinski definition) is 3. The molecule has 3 nitrogen and oxygen atoms in total. The van der Waals surface area contributed by atoms with Crippen LogP contribution in [0.5, 0.6) is 0 Å². The topological polar surface area (TPSA) is 27.7 Å². The molecule has 0 unspecified atom stereocenters. The summed E-state index contributed by atoms with van der Waals surface area (Å²) in [6, 6.07) is 10.4. The van der Waals surface area contributed by atoms with Gasteiger partial charge in [0.15, 0.2) is 8.32 Å². The van der Waals surface area contributed by atoms with E-state index >= 15 is 0 Å². The molecule has 1 aliphatic carbocycles. The Morgan fingerprint density at radius 2 is 1.44 bits per heavy atom. The predicted molar refractivity (Wildman–Crippen MR) is 106 cm³/mol. The van der Waals surface area contributed by atoms with E-state index in [1.54, 1.807) is 0 Å². The summed E-state index contributed by atoms with van der Waals surface area (Å²) in [5.41, 5.74) is 1.25. The highest BCUT2D eigenvalue weighted by Crippen LogP contribution is 2.36. The zero-order valence-electron chi connectivity index (χ0n) is 16.7. The van der Waals surface area contributed by atoms with Gasteiger partial charge in [0.1, 0.15) is 0 Å². The molecule has 142 valence electrons. The molecule has 0 N–H and O–H groups in total. The van der Waals surface area contributed by atoms with Gasteiger partial charge in [0, 0.05) is 0 Å². The summed E-state index contributed by atoms with van der Waals surface area (Å²) in [4.78, 5) is 0. The van der Waals surface area contributed by atoms with Gasteiger partial charge in [0.2, 0.25) is 0 Å². The van der Waals surface area contributed by atoms with Crippen molar-refractivity contribution in [1.29, 1.82) is 0 Å². The van der Waals surface area contributed by atoms with Crippen LogP contribution in [0, 0.1) is 0 Å². The first-order valence-corrected chi connectivity index (χ1v) is 12.6. The Balaban J connectivity index is 1.58. The minimum Gasteiger partial charge on any atom is -0.414 e. The summed E-state index contributed by atoms with van der Waals surface area (Å²) in [6.07, 6.45) is 5.14. The van der Waals surface area contributed by atoms with Crippen molar-refractivity contribution in [3.8, 4) is 0 Å². The maximum Gasteiger partial charge on any atom is 0.192 e. The number of benzene rings is 1. The number of rotatable bonds is 8. The van der Waals surface area contributed by atoms with Crippen molar-refractivity contribution in [2.45, 2.75) is 83.4 Å². The Bertz CT molecular complexity index is 488. The average molecular weight is 365 g/mol.